The molecule has 2 aliphatic heterocycles. The Morgan fingerprint density at radius 1 is 1.36 bits per heavy atom. The molecule has 22 heavy (non-hydrogen) atoms. The molecule has 7 nitrogen and oxygen atoms in total. The Kier molecular flexibility index (Phi) is 3.71. The van der Waals surface area contributed by atoms with Gasteiger partial charge in [0.2, 0.25) is 11.8 Å². The van der Waals surface area contributed by atoms with Crippen molar-refractivity contribution in [3.05, 3.63) is 47.5 Å². The first-order valence-electron chi connectivity index (χ1n) is 6.67. The number of aliphatic hydroxyl groups excluding tert-OH is 2. The molecule has 3 atom stereocenters. The maximum absolute atomic E-state index is 12.2. The summed E-state index contributed by atoms with van der Waals surface area (Å²) in [4.78, 5) is 25.2. The van der Waals surface area contributed by atoms with Crippen molar-refractivity contribution in [3.63, 3.8) is 0 Å². The van der Waals surface area contributed by atoms with Crippen LogP contribution in [0.4, 0.5) is 0 Å². The number of hydrogen-bond donors (Lipinski definition) is 4. The molecule has 0 saturated carbocycles. The fraction of sp³-hybridized carbons (Fsp3) is 0.286. The number of fused-ring (bicyclic) bond motifs is 1. The number of carbonyl (C=O) groups is 2. The highest BCUT2D eigenvalue weighted by molar-refractivity contribution is 8.00. The van der Waals surface area contributed by atoms with Gasteiger partial charge in [0.15, 0.2) is 5.76 Å². The van der Waals surface area contributed by atoms with Crippen LogP contribution in [0, 0.1) is 0 Å². The fourth-order valence-electron chi connectivity index (χ4n) is 2.42. The summed E-state index contributed by atoms with van der Waals surface area (Å²) in [5.41, 5.74) is 6.54. The van der Waals surface area contributed by atoms with Gasteiger partial charge in [-0.3, -0.25) is 14.5 Å². The van der Waals surface area contributed by atoms with Crippen molar-refractivity contribution in [2.75, 3.05) is 5.75 Å². The molecule has 1 aromatic rings. The molecular formula is C14H15N3O4S. The van der Waals surface area contributed by atoms with Gasteiger partial charge in [-0.05, 0) is 5.56 Å². The van der Waals surface area contributed by atoms with Crippen molar-refractivity contribution in [2.24, 2.45) is 5.73 Å². The van der Waals surface area contributed by atoms with Gasteiger partial charge < -0.3 is 21.3 Å². The number of nitrogens with one attached hydrogen (secondary N) is 1. The minimum atomic E-state index is -0.866. The minimum Gasteiger partial charge on any atom is -0.506 e. The van der Waals surface area contributed by atoms with Gasteiger partial charge in [0, 0.05) is 0 Å². The molecule has 0 bridgehead atoms. The number of amides is 2. The SMILES string of the molecule is N[C@@H](C(=O)N[C@@H]1C(=O)N2C(O)=C(O)CS[C@H]12)c1ccccc1. The van der Waals surface area contributed by atoms with Crippen molar-refractivity contribution in [1.82, 2.24) is 10.2 Å². The highest BCUT2D eigenvalue weighted by Crippen LogP contribution is 2.38. The van der Waals surface area contributed by atoms with Crippen LogP contribution in [-0.4, -0.2) is 44.1 Å². The van der Waals surface area contributed by atoms with Crippen molar-refractivity contribution < 1.29 is 19.8 Å². The molecule has 1 saturated heterocycles. The number of rotatable bonds is 3. The Morgan fingerprint density at radius 2 is 2.05 bits per heavy atom. The van der Waals surface area contributed by atoms with Gasteiger partial charge in [0.1, 0.15) is 17.5 Å². The molecule has 1 aromatic carbocycles. The number of thioether (sulfide) groups is 1. The Morgan fingerprint density at radius 3 is 2.73 bits per heavy atom. The fourth-order valence-corrected chi connectivity index (χ4v) is 3.60. The number of β-lactam (4-membered cyclic amide) rings is 1. The molecular weight excluding hydrogens is 306 g/mol. The van der Waals surface area contributed by atoms with Crippen LogP contribution in [0.5, 0.6) is 0 Å². The molecule has 2 aliphatic rings. The molecule has 1 fully saturated rings. The molecule has 0 radical (unpaired) electrons. The predicted molar refractivity (Wildman–Crippen MR) is 80.7 cm³/mol. The van der Waals surface area contributed by atoms with Gasteiger partial charge in [0.25, 0.3) is 5.91 Å². The van der Waals surface area contributed by atoms with Crippen LogP contribution in [0.25, 0.3) is 0 Å². The van der Waals surface area contributed by atoms with Crippen molar-refractivity contribution in [1.29, 1.82) is 0 Å². The Balaban J connectivity index is 1.68. The van der Waals surface area contributed by atoms with E-state index in [2.05, 4.69) is 5.32 Å². The average Bonchev–Trinajstić information content (AvgIpc) is 2.54. The van der Waals surface area contributed by atoms with Crippen LogP contribution in [0.1, 0.15) is 11.6 Å². The second-order valence-corrected chi connectivity index (χ2v) is 6.16. The van der Waals surface area contributed by atoms with E-state index in [-0.39, 0.29) is 11.5 Å². The third-order valence-electron chi connectivity index (χ3n) is 3.66. The lowest BCUT2D eigenvalue weighted by Crippen LogP contribution is -2.70. The van der Waals surface area contributed by atoms with E-state index in [9.17, 15) is 19.8 Å². The molecule has 0 spiro atoms. The minimum absolute atomic E-state index is 0.192. The van der Waals surface area contributed by atoms with Crippen molar-refractivity contribution >= 4 is 23.6 Å². The van der Waals surface area contributed by atoms with Gasteiger partial charge in [-0.15, -0.1) is 11.8 Å². The lowest BCUT2D eigenvalue weighted by molar-refractivity contribution is -0.149. The zero-order chi connectivity index (χ0) is 15.9. The first-order chi connectivity index (χ1) is 10.5. The van der Waals surface area contributed by atoms with E-state index in [0.717, 1.165) is 4.90 Å². The van der Waals surface area contributed by atoms with E-state index in [0.29, 0.717) is 5.56 Å². The first kappa shape index (κ1) is 14.7. The number of aliphatic hydroxyl groups is 2. The summed E-state index contributed by atoms with van der Waals surface area (Å²) in [7, 11) is 0. The van der Waals surface area contributed by atoms with Crippen LogP contribution >= 0.6 is 11.8 Å². The molecule has 2 amide bonds. The van der Waals surface area contributed by atoms with Crippen LogP contribution in [0.3, 0.4) is 0 Å². The number of nitrogens with zero attached hydrogens (tertiary/aromatic N) is 1. The maximum Gasteiger partial charge on any atom is 0.256 e. The molecule has 0 aromatic heterocycles. The van der Waals surface area contributed by atoms with Crippen LogP contribution in [0.2, 0.25) is 0 Å². The molecule has 3 rings (SSSR count). The summed E-state index contributed by atoms with van der Waals surface area (Å²) < 4.78 is 0. The molecule has 2 heterocycles. The maximum atomic E-state index is 12.2. The van der Waals surface area contributed by atoms with E-state index in [1.54, 1.807) is 24.3 Å². The number of hydrogen-bond acceptors (Lipinski definition) is 6. The largest absolute Gasteiger partial charge is 0.506 e. The third-order valence-corrected chi connectivity index (χ3v) is 4.92. The third kappa shape index (κ3) is 2.30. The lowest BCUT2D eigenvalue weighted by Gasteiger charge is -2.47. The summed E-state index contributed by atoms with van der Waals surface area (Å²) in [6.07, 6.45) is 0. The Labute approximate surface area is 130 Å². The molecule has 116 valence electrons. The Hall–Kier alpha value is -2.19. The summed E-state index contributed by atoms with van der Waals surface area (Å²) in [6, 6.07) is 7.24. The zero-order valence-electron chi connectivity index (χ0n) is 11.5. The van der Waals surface area contributed by atoms with E-state index in [1.165, 1.54) is 11.8 Å². The monoisotopic (exact) mass is 321 g/mol. The predicted octanol–water partition coefficient (Wildman–Crippen LogP) is 0.371. The topological polar surface area (TPSA) is 116 Å². The van der Waals surface area contributed by atoms with Gasteiger partial charge >= 0.3 is 0 Å². The molecule has 0 unspecified atom stereocenters. The number of benzene rings is 1. The smallest absolute Gasteiger partial charge is 0.256 e. The van der Waals surface area contributed by atoms with Gasteiger partial charge in [0.05, 0.1) is 5.75 Å². The molecule has 8 heteroatoms. The first-order valence-corrected chi connectivity index (χ1v) is 7.72. The van der Waals surface area contributed by atoms with E-state index >= 15 is 0 Å². The number of nitrogens with two attached hydrogens (primary N) is 1. The van der Waals surface area contributed by atoms with Crippen LogP contribution < -0.4 is 11.1 Å². The summed E-state index contributed by atoms with van der Waals surface area (Å²) in [6.45, 7) is 0. The highest BCUT2D eigenvalue weighted by atomic mass is 32.2. The normalized spacial score (nSPS) is 25.3. The van der Waals surface area contributed by atoms with Gasteiger partial charge in [-0.1, -0.05) is 30.3 Å². The second-order valence-electron chi connectivity index (χ2n) is 5.05. The summed E-state index contributed by atoms with van der Waals surface area (Å²) in [5, 5.41) is 21.3. The summed E-state index contributed by atoms with van der Waals surface area (Å²) >= 11 is 1.27. The van der Waals surface area contributed by atoms with Crippen LogP contribution in [-0.2, 0) is 9.59 Å². The van der Waals surface area contributed by atoms with Crippen molar-refractivity contribution in [3.8, 4) is 0 Å². The average molecular weight is 321 g/mol. The molecule has 0 aliphatic carbocycles. The van der Waals surface area contributed by atoms with Crippen LogP contribution in [0.15, 0.2) is 42.0 Å². The summed E-state index contributed by atoms with van der Waals surface area (Å²) in [5.74, 6) is -1.40. The van der Waals surface area contributed by atoms with Crippen molar-refractivity contribution in [2.45, 2.75) is 17.5 Å². The quantitative estimate of drug-likeness (QED) is 0.598. The van der Waals surface area contributed by atoms with Gasteiger partial charge in [-0.25, -0.2) is 0 Å². The number of carbonyl (C=O) groups excluding carboxylic acids is 2. The molecule has 5 N–H and O–H groups in total. The van der Waals surface area contributed by atoms with E-state index < -0.39 is 35.2 Å². The van der Waals surface area contributed by atoms with E-state index in [4.69, 9.17) is 5.73 Å². The zero-order valence-corrected chi connectivity index (χ0v) is 12.3. The highest BCUT2D eigenvalue weighted by Gasteiger charge is 2.53. The lowest BCUT2D eigenvalue weighted by atomic mass is 10.0. The second kappa shape index (κ2) is 5.54. The van der Waals surface area contributed by atoms with E-state index in [1.807, 2.05) is 6.07 Å². The van der Waals surface area contributed by atoms with Gasteiger partial charge in [-0.2, -0.15) is 0 Å². The standard InChI is InChI=1S/C14H15N3O4S/c15-9(7-4-2-1-3-5-7)11(19)16-10-13(21)17-12(20)8(18)6-22-14(10)17/h1-5,9-10,14,18,20H,6,15H2,(H,16,19)/t9-,10-,14-/m1/s1. The Bertz CT molecular complexity index is 649.